The molecular weight excluding hydrogens is 206 g/mol. The molecule has 17 heavy (non-hydrogen) atoms. The minimum Gasteiger partial charge on any atom is -0.199 e. The Kier molecular flexibility index (Phi) is 2.15. The van der Waals surface area contributed by atoms with Crippen LogP contribution in [0.15, 0.2) is 30.3 Å². The van der Waals surface area contributed by atoms with E-state index in [-0.39, 0.29) is 0 Å². The summed E-state index contributed by atoms with van der Waals surface area (Å²) in [4.78, 5) is 0. The molecule has 0 atom stereocenters. The van der Waals surface area contributed by atoms with Crippen LogP contribution in [-0.4, -0.2) is 0 Å². The minimum absolute atomic E-state index is 0.371. The van der Waals surface area contributed by atoms with Crippen molar-refractivity contribution >= 4 is 0 Å². The molecule has 0 saturated heterocycles. The molecule has 88 valence electrons. The number of aryl methyl sites for hydroxylation is 4. The lowest BCUT2D eigenvalue weighted by molar-refractivity contribution is -0.666. The monoisotopic (exact) mass is 229 g/mol. The average molecular weight is 229 g/mol. The molecule has 2 rings (SSSR count). The lowest BCUT2D eigenvalue weighted by Crippen LogP contribution is -2.35. The van der Waals surface area contributed by atoms with Crippen LogP contribution in [-0.2, 0) is 7.05 Å². The van der Waals surface area contributed by atoms with Crippen molar-refractivity contribution in [2.24, 2.45) is 7.05 Å². The van der Waals surface area contributed by atoms with Crippen LogP contribution in [0.1, 0.15) is 26.5 Å². The third-order valence-electron chi connectivity index (χ3n) is 3.19. The molecule has 1 heteroatoms. The van der Waals surface area contributed by atoms with Gasteiger partial charge in [-0.3, -0.25) is 0 Å². The average Bonchev–Trinajstić information content (AvgIpc) is 2.31. The molecule has 0 radical (unpaired) electrons. The number of hydrogen-bond acceptors (Lipinski definition) is 0. The SMILES string of the molecule is [2H]C([2H])([2H])c1cc(C)cc(-c2c(C)cccc2C)[n+]1C. The first-order valence-corrected chi connectivity index (χ1v) is 5.79. The highest BCUT2D eigenvalue weighted by atomic mass is 14.9. The topological polar surface area (TPSA) is 3.88 Å². The molecule has 1 heterocycles. The van der Waals surface area contributed by atoms with Crippen LogP contribution in [0.4, 0.5) is 0 Å². The second-order valence-corrected chi connectivity index (χ2v) is 4.63. The third-order valence-corrected chi connectivity index (χ3v) is 3.19. The summed E-state index contributed by atoms with van der Waals surface area (Å²) in [5.74, 6) is 0. The fourth-order valence-corrected chi connectivity index (χ4v) is 2.25. The maximum atomic E-state index is 7.69. The molecule has 1 aromatic carbocycles. The van der Waals surface area contributed by atoms with Crippen molar-refractivity contribution in [2.75, 3.05) is 0 Å². The lowest BCUT2D eigenvalue weighted by Gasteiger charge is -2.10. The van der Waals surface area contributed by atoms with Gasteiger partial charge in [-0.15, -0.1) is 0 Å². The van der Waals surface area contributed by atoms with Crippen molar-refractivity contribution in [3.63, 3.8) is 0 Å². The van der Waals surface area contributed by atoms with Crippen molar-refractivity contribution in [3.05, 3.63) is 52.7 Å². The van der Waals surface area contributed by atoms with Gasteiger partial charge in [-0.25, -0.2) is 0 Å². The second-order valence-electron chi connectivity index (χ2n) is 4.63. The lowest BCUT2D eigenvalue weighted by atomic mass is 9.98. The Hall–Kier alpha value is -1.63. The maximum Gasteiger partial charge on any atom is 0.213 e. The van der Waals surface area contributed by atoms with Crippen molar-refractivity contribution in [2.45, 2.75) is 27.6 Å². The van der Waals surface area contributed by atoms with Gasteiger partial charge in [0.25, 0.3) is 0 Å². The number of hydrogen-bond donors (Lipinski definition) is 0. The molecule has 0 N–H and O–H groups in total. The molecule has 0 unspecified atom stereocenters. The van der Waals surface area contributed by atoms with E-state index in [9.17, 15) is 0 Å². The molecule has 0 spiro atoms. The van der Waals surface area contributed by atoms with E-state index in [1.807, 2.05) is 26.1 Å². The number of rotatable bonds is 1. The van der Waals surface area contributed by atoms with E-state index in [4.69, 9.17) is 4.11 Å². The van der Waals surface area contributed by atoms with Crippen LogP contribution in [0.5, 0.6) is 0 Å². The number of pyridine rings is 1. The highest BCUT2D eigenvalue weighted by molar-refractivity contribution is 5.65. The van der Waals surface area contributed by atoms with Gasteiger partial charge in [-0.2, -0.15) is 4.57 Å². The minimum atomic E-state index is -2.11. The molecule has 0 saturated carbocycles. The van der Waals surface area contributed by atoms with Gasteiger partial charge in [-0.05, 0) is 37.5 Å². The zero-order valence-electron chi connectivity index (χ0n) is 13.8. The van der Waals surface area contributed by atoms with Gasteiger partial charge in [-0.1, -0.05) is 18.2 Å². The third kappa shape index (κ3) is 2.10. The summed E-state index contributed by atoms with van der Waals surface area (Å²) in [6, 6.07) is 9.92. The van der Waals surface area contributed by atoms with Gasteiger partial charge >= 0.3 is 0 Å². The van der Waals surface area contributed by atoms with E-state index in [2.05, 4.69) is 26.0 Å². The van der Waals surface area contributed by atoms with Crippen LogP contribution in [0.3, 0.4) is 0 Å². The molecule has 0 fully saturated rings. The van der Waals surface area contributed by atoms with E-state index in [1.54, 1.807) is 10.6 Å². The van der Waals surface area contributed by atoms with Gasteiger partial charge in [0.1, 0.15) is 7.05 Å². The summed E-state index contributed by atoms with van der Waals surface area (Å²) >= 11 is 0. The fourth-order valence-electron chi connectivity index (χ4n) is 2.25. The molecule has 1 nitrogen and oxygen atoms in total. The predicted octanol–water partition coefficient (Wildman–Crippen LogP) is 3.41. The first-order valence-electron chi connectivity index (χ1n) is 7.29. The van der Waals surface area contributed by atoms with E-state index < -0.39 is 6.85 Å². The summed E-state index contributed by atoms with van der Waals surface area (Å²) in [5, 5.41) is 0. The summed E-state index contributed by atoms with van der Waals surface area (Å²) in [5.41, 5.74) is 5.71. The molecular formula is C16H20N+. The van der Waals surface area contributed by atoms with Crippen molar-refractivity contribution in [1.82, 2.24) is 0 Å². The van der Waals surface area contributed by atoms with Crippen LogP contribution in [0.25, 0.3) is 11.3 Å². The smallest absolute Gasteiger partial charge is 0.199 e. The molecule has 0 aliphatic heterocycles. The molecule has 0 bridgehead atoms. The highest BCUT2D eigenvalue weighted by Crippen LogP contribution is 2.25. The van der Waals surface area contributed by atoms with Gasteiger partial charge < -0.3 is 0 Å². The molecule has 0 aliphatic rings. The largest absolute Gasteiger partial charge is 0.213 e. The van der Waals surface area contributed by atoms with Crippen LogP contribution >= 0.6 is 0 Å². The van der Waals surface area contributed by atoms with Crippen molar-refractivity contribution < 1.29 is 8.68 Å². The van der Waals surface area contributed by atoms with Crippen molar-refractivity contribution in [3.8, 4) is 11.3 Å². The summed E-state index contributed by atoms with van der Waals surface area (Å²) in [7, 11) is 1.82. The van der Waals surface area contributed by atoms with Crippen LogP contribution in [0.2, 0.25) is 0 Å². The molecule has 0 amide bonds. The number of nitrogens with zero attached hydrogens (tertiary/aromatic N) is 1. The maximum absolute atomic E-state index is 7.69. The van der Waals surface area contributed by atoms with Gasteiger partial charge in [0.05, 0.1) is 5.56 Å². The van der Waals surface area contributed by atoms with Gasteiger partial charge in [0.2, 0.25) is 5.69 Å². The van der Waals surface area contributed by atoms with E-state index >= 15 is 0 Å². The number of benzene rings is 1. The van der Waals surface area contributed by atoms with Crippen molar-refractivity contribution in [1.29, 1.82) is 0 Å². The Morgan fingerprint density at radius 1 is 1.06 bits per heavy atom. The first kappa shape index (κ1) is 8.46. The Morgan fingerprint density at radius 3 is 2.29 bits per heavy atom. The summed E-state index contributed by atoms with van der Waals surface area (Å²) in [6.45, 7) is 3.94. The zero-order chi connectivity index (χ0) is 15.1. The summed E-state index contributed by atoms with van der Waals surface area (Å²) < 4.78 is 24.9. The second kappa shape index (κ2) is 4.33. The Morgan fingerprint density at radius 2 is 1.71 bits per heavy atom. The standard InChI is InChI=1S/C16H20N/c1-11-9-14(4)17(5)15(10-11)16-12(2)7-6-8-13(16)3/h6-10H,1-5H3/q+1/i4D3. The zero-order valence-corrected chi connectivity index (χ0v) is 10.8. The van der Waals surface area contributed by atoms with E-state index in [1.165, 1.54) is 0 Å². The first-order chi connectivity index (χ1) is 9.21. The van der Waals surface area contributed by atoms with Gasteiger partial charge in [0, 0.05) is 23.1 Å². The normalized spacial score (nSPS) is 14.0. The predicted molar refractivity (Wildman–Crippen MR) is 72.0 cm³/mol. The number of aromatic nitrogens is 1. The van der Waals surface area contributed by atoms with Crippen LogP contribution < -0.4 is 4.57 Å². The molecule has 1 aromatic heterocycles. The Bertz CT molecular complexity index is 637. The molecule has 2 aromatic rings. The van der Waals surface area contributed by atoms with E-state index in [0.717, 1.165) is 27.9 Å². The van der Waals surface area contributed by atoms with Gasteiger partial charge in [0.15, 0.2) is 5.69 Å². The van der Waals surface area contributed by atoms with E-state index in [0.29, 0.717) is 5.69 Å². The van der Waals surface area contributed by atoms with Crippen LogP contribution in [0, 0.1) is 27.6 Å². The Balaban J connectivity index is 2.79. The fraction of sp³-hybridized carbons (Fsp3) is 0.312. The summed E-state index contributed by atoms with van der Waals surface area (Å²) in [6.07, 6.45) is 0. The molecule has 0 aliphatic carbocycles. The Labute approximate surface area is 108 Å². The highest BCUT2D eigenvalue weighted by Gasteiger charge is 2.16. The quantitative estimate of drug-likeness (QED) is 0.660.